The first-order chi connectivity index (χ1) is 9.51. The number of hydrogen-bond donors (Lipinski definition) is 1. The van der Waals surface area contributed by atoms with Gasteiger partial charge in [0.25, 0.3) is 5.89 Å². The topological polar surface area (TPSA) is 51.0 Å². The fourth-order valence-corrected chi connectivity index (χ4v) is 2.83. The molecule has 0 unspecified atom stereocenters. The zero-order valence-corrected chi connectivity index (χ0v) is 12.9. The standard InChI is InChI=1S/C15H19N3OS/c1-15(2,3)20-9-13-17-14(19-18-13)11-4-5-12-10(8-11)6-7-16-12/h4-5,8,16H,6-7,9H2,1-3H3. The van der Waals surface area contributed by atoms with Gasteiger partial charge in [-0.1, -0.05) is 25.9 Å². The molecule has 0 fully saturated rings. The van der Waals surface area contributed by atoms with Crippen LogP contribution in [0.1, 0.15) is 32.2 Å². The van der Waals surface area contributed by atoms with E-state index >= 15 is 0 Å². The molecule has 1 aliphatic rings. The Hall–Kier alpha value is -1.49. The molecule has 1 aliphatic heterocycles. The summed E-state index contributed by atoms with van der Waals surface area (Å²) < 4.78 is 5.59. The summed E-state index contributed by atoms with van der Waals surface area (Å²) in [5.41, 5.74) is 3.55. The Morgan fingerprint density at radius 2 is 2.20 bits per heavy atom. The lowest BCUT2D eigenvalue weighted by Crippen LogP contribution is -2.07. The fourth-order valence-electron chi connectivity index (χ4n) is 2.15. The Balaban J connectivity index is 1.76. The Morgan fingerprint density at radius 1 is 1.35 bits per heavy atom. The van der Waals surface area contributed by atoms with E-state index in [1.54, 1.807) is 0 Å². The van der Waals surface area contributed by atoms with Crippen molar-refractivity contribution in [3.05, 3.63) is 29.6 Å². The largest absolute Gasteiger partial charge is 0.384 e. The summed E-state index contributed by atoms with van der Waals surface area (Å²) in [6.45, 7) is 7.57. The van der Waals surface area contributed by atoms with Crippen molar-refractivity contribution >= 4 is 17.4 Å². The van der Waals surface area contributed by atoms with E-state index in [1.807, 2.05) is 17.8 Å². The van der Waals surface area contributed by atoms with E-state index in [1.165, 1.54) is 11.3 Å². The molecule has 0 saturated carbocycles. The van der Waals surface area contributed by atoms with Crippen LogP contribution < -0.4 is 5.32 Å². The van der Waals surface area contributed by atoms with E-state index in [-0.39, 0.29) is 4.75 Å². The van der Waals surface area contributed by atoms with Crippen LogP contribution >= 0.6 is 11.8 Å². The third kappa shape index (κ3) is 2.98. The summed E-state index contributed by atoms with van der Waals surface area (Å²) in [5.74, 6) is 2.15. The lowest BCUT2D eigenvalue weighted by molar-refractivity contribution is 0.425. The number of benzene rings is 1. The molecule has 0 aliphatic carbocycles. The summed E-state index contributed by atoms with van der Waals surface area (Å²) in [7, 11) is 0. The second-order valence-corrected chi connectivity index (χ2v) is 7.77. The molecule has 0 saturated heterocycles. The van der Waals surface area contributed by atoms with Crippen molar-refractivity contribution in [3.8, 4) is 11.5 Å². The zero-order valence-electron chi connectivity index (χ0n) is 12.1. The number of hydrogen-bond acceptors (Lipinski definition) is 5. The van der Waals surface area contributed by atoms with E-state index in [4.69, 9.17) is 4.52 Å². The first-order valence-electron chi connectivity index (χ1n) is 6.85. The molecule has 1 aromatic heterocycles. The Bertz CT molecular complexity index is 616. The highest BCUT2D eigenvalue weighted by Crippen LogP contribution is 2.29. The molecule has 1 aromatic carbocycles. The molecule has 2 heterocycles. The normalized spacial score (nSPS) is 14.2. The predicted octanol–water partition coefficient (Wildman–Crippen LogP) is 3.74. The number of rotatable bonds is 3. The molecule has 1 N–H and O–H groups in total. The first kappa shape index (κ1) is 13.5. The van der Waals surface area contributed by atoms with Crippen LogP contribution in [0.2, 0.25) is 0 Å². The van der Waals surface area contributed by atoms with E-state index < -0.39 is 0 Å². The van der Waals surface area contributed by atoms with Gasteiger partial charge in [-0.05, 0) is 30.2 Å². The van der Waals surface area contributed by atoms with Crippen LogP contribution in [0.5, 0.6) is 0 Å². The highest BCUT2D eigenvalue weighted by atomic mass is 32.2. The van der Waals surface area contributed by atoms with Gasteiger partial charge in [-0.2, -0.15) is 4.98 Å². The minimum atomic E-state index is 0.208. The summed E-state index contributed by atoms with van der Waals surface area (Å²) in [6.07, 6.45) is 1.06. The highest BCUT2D eigenvalue weighted by Gasteiger charge is 2.16. The molecule has 2 aromatic rings. The maximum Gasteiger partial charge on any atom is 0.257 e. The average Bonchev–Trinajstić information content (AvgIpc) is 3.03. The molecule has 3 rings (SSSR count). The van der Waals surface area contributed by atoms with Gasteiger partial charge in [-0.15, -0.1) is 11.8 Å². The van der Waals surface area contributed by atoms with Gasteiger partial charge in [-0.3, -0.25) is 0 Å². The first-order valence-corrected chi connectivity index (χ1v) is 7.83. The van der Waals surface area contributed by atoms with Crippen LogP contribution in [0.3, 0.4) is 0 Å². The number of fused-ring (bicyclic) bond motifs is 1. The van der Waals surface area contributed by atoms with Crippen molar-refractivity contribution in [1.29, 1.82) is 0 Å². The van der Waals surface area contributed by atoms with E-state index in [0.717, 1.165) is 30.1 Å². The van der Waals surface area contributed by atoms with Crippen LogP contribution in [0.25, 0.3) is 11.5 Å². The third-order valence-corrected chi connectivity index (χ3v) is 4.43. The van der Waals surface area contributed by atoms with Crippen molar-refractivity contribution in [1.82, 2.24) is 10.1 Å². The van der Waals surface area contributed by atoms with Crippen molar-refractivity contribution < 1.29 is 4.52 Å². The van der Waals surface area contributed by atoms with Gasteiger partial charge in [0.2, 0.25) is 0 Å². The number of nitrogens with one attached hydrogen (secondary N) is 1. The van der Waals surface area contributed by atoms with Crippen LogP contribution in [-0.4, -0.2) is 21.4 Å². The second kappa shape index (κ2) is 5.13. The molecule has 0 spiro atoms. The molecule has 20 heavy (non-hydrogen) atoms. The molecule has 0 amide bonds. The van der Waals surface area contributed by atoms with Crippen molar-refractivity contribution in [3.63, 3.8) is 0 Å². The predicted molar refractivity (Wildman–Crippen MR) is 83.0 cm³/mol. The van der Waals surface area contributed by atoms with E-state index in [2.05, 4.69) is 48.4 Å². The summed E-state index contributed by atoms with van der Waals surface area (Å²) >= 11 is 1.82. The zero-order chi connectivity index (χ0) is 14.2. The van der Waals surface area contributed by atoms with Crippen LogP contribution in [0, 0.1) is 0 Å². The van der Waals surface area contributed by atoms with E-state index in [0.29, 0.717) is 5.89 Å². The third-order valence-electron chi connectivity index (χ3n) is 3.16. The van der Waals surface area contributed by atoms with Crippen LogP contribution in [0.4, 0.5) is 5.69 Å². The summed E-state index contributed by atoms with van der Waals surface area (Å²) in [5, 5.41) is 7.42. The molecule has 5 heteroatoms. The maximum absolute atomic E-state index is 5.38. The number of thioether (sulfide) groups is 1. The lowest BCUT2D eigenvalue weighted by atomic mass is 10.1. The van der Waals surface area contributed by atoms with Gasteiger partial charge >= 0.3 is 0 Å². The van der Waals surface area contributed by atoms with Gasteiger partial charge < -0.3 is 9.84 Å². The monoisotopic (exact) mass is 289 g/mol. The Morgan fingerprint density at radius 3 is 3.00 bits per heavy atom. The molecule has 4 nitrogen and oxygen atoms in total. The molecular weight excluding hydrogens is 270 g/mol. The lowest BCUT2D eigenvalue weighted by Gasteiger charge is -2.15. The quantitative estimate of drug-likeness (QED) is 0.933. The second-order valence-electron chi connectivity index (χ2n) is 5.97. The molecule has 0 bridgehead atoms. The van der Waals surface area contributed by atoms with Crippen molar-refractivity contribution in [2.24, 2.45) is 0 Å². The van der Waals surface area contributed by atoms with Crippen molar-refractivity contribution in [2.45, 2.75) is 37.7 Å². The minimum Gasteiger partial charge on any atom is -0.384 e. The SMILES string of the molecule is CC(C)(C)SCc1noc(-c2ccc3c(c2)CCN3)n1. The Kier molecular flexibility index (Phi) is 3.46. The van der Waals surface area contributed by atoms with Crippen molar-refractivity contribution in [2.75, 3.05) is 11.9 Å². The Labute approximate surface area is 123 Å². The van der Waals surface area contributed by atoms with Gasteiger partial charge in [0, 0.05) is 22.5 Å². The summed E-state index contributed by atoms with van der Waals surface area (Å²) in [4.78, 5) is 4.49. The average molecular weight is 289 g/mol. The molecule has 106 valence electrons. The van der Waals surface area contributed by atoms with Gasteiger partial charge in [0.1, 0.15) is 0 Å². The van der Waals surface area contributed by atoms with Gasteiger partial charge in [0.15, 0.2) is 5.82 Å². The summed E-state index contributed by atoms with van der Waals surface area (Å²) in [6, 6.07) is 6.26. The van der Waals surface area contributed by atoms with Gasteiger partial charge in [0.05, 0.1) is 5.75 Å². The van der Waals surface area contributed by atoms with E-state index in [9.17, 15) is 0 Å². The van der Waals surface area contributed by atoms with Crippen LogP contribution in [-0.2, 0) is 12.2 Å². The van der Waals surface area contributed by atoms with Gasteiger partial charge in [-0.25, -0.2) is 0 Å². The molecular formula is C15H19N3OS. The maximum atomic E-state index is 5.38. The number of nitrogens with zero attached hydrogens (tertiary/aromatic N) is 2. The van der Waals surface area contributed by atoms with Crippen LogP contribution in [0.15, 0.2) is 22.7 Å². The fraction of sp³-hybridized carbons (Fsp3) is 0.467. The smallest absolute Gasteiger partial charge is 0.257 e. The molecule has 0 atom stereocenters. The number of aromatic nitrogens is 2. The minimum absolute atomic E-state index is 0.208. The number of anilines is 1. The highest BCUT2D eigenvalue weighted by molar-refractivity contribution is 7.99. The molecule has 0 radical (unpaired) electrons.